The molecule has 0 radical (unpaired) electrons. The van der Waals surface area contributed by atoms with Gasteiger partial charge in [-0.1, -0.05) is 123 Å². The van der Waals surface area contributed by atoms with E-state index in [1.807, 2.05) is 0 Å². The van der Waals surface area contributed by atoms with Gasteiger partial charge < -0.3 is 10.2 Å². The van der Waals surface area contributed by atoms with Gasteiger partial charge in [0, 0.05) is 38.5 Å². The van der Waals surface area contributed by atoms with Gasteiger partial charge in [-0.3, -0.25) is 9.59 Å². The fourth-order valence-electron chi connectivity index (χ4n) is 4.47. The van der Waals surface area contributed by atoms with Crippen LogP contribution in [0, 0.1) is 23.7 Å². The van der Waals surface area contributed by atoms with Crippen LogP contribution in [-0.4, -0.2) is 33.7 Å². The van der Waals surface area contributed by atoms with E-state index in [4.69, 9.17) is 10.2 Å². The maximum atomic E-state index is 10.8. The van der Waals surface area contributed by atoms with E-state index in [1.54, 1.807) is 0 Å². The Morgan fingerprint density at radius 3 is 0.860 bits per heavy atom. The maximum absolute atomic E-state index is 10.8. The zero-order valence-corrected chi connectivity index (χ0v) is 27.6. The van der Waals surface area contributed by atoms with Gasteiger partial charge in [0.15, 0.2) is 0 Å². The van der Waals surface area contributed by atoms with E-state index in [-0.39, 0.29) is 12.8 Å². The lowest BCUT2D eigenvalue weighted by atomic mass is 10.1. The van der Waals surface area contributed by atoms with Gasteiger partial charge in [0.25, 0.3) is 0 Å². The molecular weight excluding hydrogens is 540 g/mol. The summed E-state index contributed by atoms with van der Waals surface area (Å²) in [7, 11) is 0. The zero-order valence-electron chi connectivity index (χ0n) is 27.6. The number of ketones is 2. The Bertz CT molecular complexity index is 824. The lowest BCUT2D eigenvalue weighted by molar-refractivity contribution is -0.149. The first-order valence-corrected chi connectivity index (χ1v) is 17.3. The van der Waals surface area contributed by atoms with E-state index in [0.29, 0.717) is 25.7 Å². The number of hydrogen-bond donors (Lipinski definition) is 2. The van der Waals surface area contributed by atoms with Crippen LogP contribution in [0.2, 0.25) is 0 Å². The van der Waals surface area contributed by atoms with Crippen molar-refractivity contribution in [2.24, 2.45) is 0 Å². The Morgan fingerprint density at radius 2 is 0.605 bits per heavy atom. The van der Waals surface area contributed by atoms with Crippen LogP contribution >= 0.6 is 0 Å². The van der Waals surface area contributed by atoms with Crippen molar-refractivity contribution in [2.75, 3.05) is 0 Å². The third-order valence-electron chi connectivity index (χ3n) is 7.20. The van der Waals surface area contributed by atoms with Crippen molar-refractivity contribution in [1.29, 1.82) is 0 Å². The molecule has 0 bridgehead atoms. The summed E-state index contributed by atoms with van der Waals surface area (Å²) in [6.45, 7) is 4.49. The molecule has 0 aliphatic carbocycles. The summed E-state index contributed by atoms with van der Waals surface area (Å²) in [4.78, 5) is 42.2. The van der Waals surface area contributed by atoms with Crippen molar-refractivity contribution in [3.63, 3.8) is 0 Å². The number of carboxylic acids is 2. The van der Waals surface area contributed by atoms with Gasteiger partial charge in [0.2, 0.25) is 11.6 Å². The van der Waals surface area contributed by atoms with Crippen molar-refractivity contribution in [1.82, 2.24) is 0 Å². The summed E-state index contributed by atoms with van der Waals surface area (Å²) < 4.78 is 0. The standard InChI is InChI=1S/C19H32O3.C18H30O3/c1-2-3-4-5-6-7-8-9-10-11-12-13-14-15-16-17-18(20)19(21)22;1-2-3-4-5-6-7-8-9-10-11-12-13-14-15-16-17(19)18(20)21/h2-12,15-17H2,1H3,(H,21,22);2-11,14-16H2,1H3,(H,20,21). The minimum Gasteiger partial charge on any atom is -0.476 e. The third kappa shape index (κ3) is 37.4. The second-order valence-electron chi connectivity index (χ2n) is 11.4. The second kappa shape index (κ2) is 35.6. The molecule has 0 amide bonds. The molecular formula is C37H62O6. The van der Waals surface area contributed by atoms with E-state index in [9.17, 15) is 19.2 Å². The number of carboxylic acid groups (broad SMARTS) is 2. The number of unbranched alkanes of at least 4 members (excludes halogenated alkanes) is 21. The largest absolute Gasteiger partial charge is 0.476 e. The molecule has 6 heteroatoms. The molecule has 246 valence electrons. The van der Waals surface area contributed by atoms with Crippen molar-refractivity contribution in [3.05, 3.63) is 0 Å². The molecule has 6 nitrogen and oxygen atoms in total. The van der Waals surface area contributed by atoms with Crippen molar-refractivity contribution in [3.8, 4) is 23.7 Å². The van der Waals surface area contributed by atoms with Crippen LogP contribution in [0.25, 0.3) is 0 Å². The van der Waals surface area contributed by atoms with Crippen molar-refractivity contribution >= 4 is 23.5 Å². The van der Waals surface area contributed by atoms with Crippen LogP contribution in [0.15, 0.2) is 0 Å². The normalized spacial score (nSPS) is 10.0. The lowest BCUT2D eigenvalue weighted by Crippen LogP contribution is -2.11. The molecule has 2 N–H and O–H groups in total. The molecule has 0 aromatic heterocycles. The van der Waals surface area contributed by atoms with Gasteiger partial charge in [-0.25, -0.2) is 9.59 Å². The predicted molar refractivity (Wildman–Crippen MR) is 177 cm³/mol. The molecule has 0 atom stereocenters. The first kappa shape index (κ1) is 42.5. The average molecular weight is 603 g/mol. The van der Waals surface area contributed by atoms with Gasteiger partial charge >= 0.3 is 11.9 Å². The van der Waals surface area contributed by atoms with Gasteiger partial charge in [-0.15, -0.1) is 23.7 Å². The molecule has 0 rings (SSSR count). The average Bonchev–Trinajstić information content (AvgIpc) is 2.99. The van der Waals surface area contributed by atoms with Crippen LogP contribution in [0.3, 0.4) is 0 Å². The molecule has 0 unspecified atom stereocenters. The van der Waals surface area contributed by atoms with E-state index in [0.717, 1.165) is 25.7 Å². The minimum atomic E-state index is -1.34. The molecule has 0 spiro atoms. The fourth-order valence-corrected chi connectivity index (χ4v) is 4.47. The SMILES string of the molecule is CCCCCCCCCCCC#CCCCC(=O)C(=O)O.CCCCCCCCCCCCC#CCCCC(=O)C(=O)O. The van der Waals surface area contributed by atoms with Crippen molar-refractivity contribution in [2.45, 2.75) is 187 Å². The van der Waals surface area contributed by atoms with E-state index in [1.165, 1.54) is 109 Å². The Morgan fingerprint density at radius 1 is 0.372 bits per heavy atom. The molecule has 0 aromatic rings. The fraction of sp³-hybridized carbons (Fsp3) is 0.784. The van der Waals surface area contributed by atoms with E-state index < -0.39 is 23.5 Å². The molecule has 0 aliphatic rings. The molecule has 0 fully saturated rings. The van der Waals surface area contributed by atoms with Gasteiger partial charge in [0.05, 0.1) is 0 Å². The van der Waals surface area contributed by atoms with Crippen LogP contribution in [0.4, 0.5) is 0 Å². The summed E-state index contributed by atoms with van der Waals surface area (Å²) in [6, 6.07) is 0. The Labute approximate surface area is 263 Å². The van der Waals surface area contributed by atoms with E-state index >= 15 is 0 Å². The van der Waals surface area contributed by atoms with Gasteiger partial charge in [0.1, 0.15) is 0 Å². The predicted octanol–water partition coefficient (Wildman–Crippen LogP) is 9.86. The summed E-state index contributed by atoms with van der Waals surface area (Å²) in [5.41, 5.74) is 0. The Hall–Kier alpha value is -2.60. The number of hydrogen-bond acceptors (Lipinski definition) is 4. The van der Waals surface area contributed by atoms with Gasteiger partial charge in [-0.2, -0.15) is 0 Å². The number of Topliss-reactive ketones (excluding diaryl/α,β-unsaturated/α-hetero) is 2. The zero-order chi connectivity index (χ0) is 32.2. The highest BCUT2D eigenvalue weighted by Gasteiger charge is 2.09. The van der Waals surface area contributed by atoms with Crippen LogP contribution in [0.1, 0.15) is 187 Å². The number of carbonyl (C=O) groups excluding carboxylic acids is 2. The van der Waals surface area contributed by atoms with Gasteiger partial charge in [-0.05, 0) is 25.7 Å². The smallest absolute Gasteiger partial charge is 0.372 e. The summed E-state index contributed by atoms with van der Waals surface area (Å²) in [5.74, 6) is 8.13. The van der Waals surface area contributed by atoms with Crippen LogP contribution in [0.5, 0.6) is 0 Å². The molecule has 0 heterocycles. The highest BCUT2D eigenvalue weighted by Crippen LogP contribution is 2.12. The summed E-state index contributed by atoms with van der Waals surface area (Å²) in [6.07, 6.45) is 29.5. The van der Waals surface area contributed by atoms with Crippen LogP contribution < -0.4 is 0 Å². The Balaban J connectivity index is 0. The van der Waals surface area contributed by atoms with E-state index in [2.05, 4.69) is 37.5 Å². The first-order valence-electron chi connectivity index (χ1n) is 17.3. The highest BCUT2D eigenvalue weighted by atomic mass is 16.4. The number of aliphatic carboxylic acids is 2. The second-order valence-corrected chi connectivity index (χ2v) is 11.4. The molecule has 0 saturated heterocycles. The number of rotatable bonds is 27. The maximum Gasteiger partial charge on any atom is 0.372 e. The molecule has 43 heavy (non-hydrogen) atoms. The quantitative estimate of drug-likeness (QED) is 0.0550. The lowest BCUT2D eigenvalue weighted by Gasteiger charge is -2.00. The first-order chi connectivity index (χ1) is 20.9. The highest BCUT2D eigenvalue weighted by molar-refractivity contribution is 6.32. The number of carbonyl (C=O) groups is 4. The topological polar surface area (TPSA) is 109 Å². The van der Waals surface area contributed by atoms with Crippen molar-refractivity contribution < 1.29 is 29.4 Å². The summed E-state index contributed by atoms with van der Waals surface area (Å²) >= 11 is 0. The third-order valence-corrected chi connectivity index (χ3v) is 7.20. The monoisotopic (exact) mass is 602 g/mol. The molecule has 0 saturated carbocycles. The molecule has 0 aliphatic heterocycles. The van der Waals surface area contributed by atoms with Crippen LogP contribution in [-0.2, 0) is 19.2 Å². The minimum absolute atomic E-state index is 0.0993. The Kier molecular flexibility index (Phi) is 35.2. The molecule has 0 aromatic carbocycles. The summed E-state index contributed by atoms with van der Waals surface area (Å²) in [5, 5.41) is 16.8.